The van der Waals surface area contributed by atoms with E-state index in [2.05, 4.69) is 9.97 Å². The van der Waals surface area contributed by atoms with Crippen LogP contribution in [0.25, 0.3) is 10.2 Å². The lowest BCUT2D eigenvalue weighted by atomic mass is 10.2. The third-order valence-electron chi connectivity index (χ3n) is 4.50. The van der Waals surface area contributed by atoms with Crippen LogP contribution in [0.5, 0.6) is 11.5 Å². The Kier molecular flexibility index (Phi) is 7.09. The number of carbonyl (C=O) groups is 1. The minimum absolute atomic E-state index is 0.207. The first-order valence-electron chi connectivity index (χ1n) is 9.84. The fourth-order valence-corrected chi connectivity index (χ4v) is 4.48. The second-order valence-electron chi connectivity index (χ2n) is 6.76. The summed E-state index contributed by atoms with van der Waals surface area (Å²) in [5, 5.41) is 1.40. The predicted molar refractivity (Wildman–Crippen MR) is 128 cm³/mol. The number of ether oxygens (including phenoxy) is 2. The Labute approximate surface area is 199 Å². The second-order valence-corrected chi connectivity index (χ2v) is 8.62. The molecule has 0 saturated heterocycles. The van der Waals surface area contributed by atoms with Crippen LogP contribution in [0.3, 0.4) is 0 Å². The standard InChI is InChI=1S/C23H19Cl2N3O3S/c1-2-30-17-6-7-19-21(11-17)32-23(27-19)28(13-15-4-3-9-26-12-15)22(29)14-31-20-8-5-16(24)10-18(20)25/h3-12H,2,13-14H2,1H3. The summed E-state index contributed by atoms with van der Waals surface area (Å²) in [6.07, 6.45) is 3.41. The number of anilines is 1. The van der Waals surface area contributed by atoms with Crippen molar-refractivity contribution in [2.75, 3.05) is 18.1 Å². The van der Waals surface area contributed by atoms with Gasteiger partial charge in [-0.15, -0.1) is 0 Å². The van der Waals surface area contributed by atoms with Gasteiger partial charge >= 0.3 is 0 Å². The number of thiazole rings is 1. The van der Waals surface area contributed by atoms with E-state index < -0.39 is 0 Å². The van der Waals surface area contributed by atoms with Gasteiger partial charge in [-0.2, -0.15) is 0 Å². The monoisotopic (exact) mass is 487 g/mol. The highest BCUT2D eigenvalue weighted by atomic mass is 35.5. The predicted octanol–water partition coefficient (Wildman–Crippen LogP) is 6.01. The molecule has 2 aromatic carbocycles. The summed E-state index contributed by atoms with van der Waals surface area (Å²) >= 11 is 13.5. The van der Waals surface area contributed by atoms with Gasteiger partial charge in [-0.1, -0.05) is 40.6 Å². The molecular weight excluding hydrogens is 469 g/mol. The number of amides is 1. The van der Waals surface area contributed by atoms with Crippen molar-refractivity contribution < 1.29 is 14.3 Å². The summed E-state index contributed by atoms with van der Waals surface area (Å²) < 4.78 is 12.2. The second kappa shape index (κ2) is 10.2. The van der Waals surface area contributed by atoms with Gasteiger partial charge in [0.1, 0.15) is 11.5 Å². The van der Waals surface area contributed by atoms with Gasteiger partial charge in [0.25, 0.3) is 5.91 Å². The number of hydrogen-bond donors (Lipinski definition) is 0. The van der Waals surface area contributed by atoms with Crippen molar-refractivity contribution in [3.63, 3.8) is 0 Å². The number of halogens is 2. The highest BCUT2D eigenvalue weighted by Crippen LogP contribution is 2.33. The van der Waals surface area contributed by atoms with Crippen LogP contribution >= 0.6 is 34.5 Å². The molecule has 4 rings (SSSR count). The third kappa shape index (κ3) is 5.30. The lowest BCUT2D eigenvalue weighted by molar-refractivity contribution is -0.120. The van der Waals surface area contributed by atoms with Gasteiger partial charge in [-0.3, -0.25) is 14.7 Å². The number of nitrogens with zero attached hydrogens (tertiary/aromatic N) is 3. The highest BCUT2D eigenvalue weighted by molar-refractivity contribution is 7.22. The molecule has 0 atom stereocenters. The van der Waals surface area contributed by atoms with Crippen molar-refractivity contribution in [1.29, 1.82) is 0 Å². The maximum absolute atomic E-state index is 13.2. The average Bonchev–Trinajstić information content (AvgIpc) is 3.20. The zero-order valence-electron chi connectivity index (χ0n) is 17.1. The van der Waals surface area contributed by atoms with Crippen LogP contribution in [0, 0.1) is 0 Å². The lowest BCUT2D eigenvalue weighted by Crippen LogP contribution is -2.34. The van der Waals surface area contributed by atoms with Crippen LogP contribution in [0.4, 0.5) is 5.13 Å². The first kappa shape index (κ1) is 22.3. The first-order valence-corrected chi connectivity index (χ1v) is 11.4. The SMILES string of the molecule is CCOc1ccc2nc(N(Cc3cccnc3)C(=O)COc3ccc(Cl)cc3Cl)sc2c1. The molecule has 1 amide bonds. The van der Waals surface area contributed by atoms with Crippen molar-refractivity contribution in [1.82, 2.24) is 9.97 Å². The average molecular weight is 488 g/mol. The molecule has 164 valence electrons. The van der Waals surface area contributed by atoms with Gasteiger partial charge in [0, 0.05) is 17.4 Å². The minimum Gasteiger partial charge on any atom is -0.494 e. The van der Waals surface area contributed by atoms with Gasteiger partial charge in [0.05, 0.1) is 28.4 Å². The molecule has 0 bridgehead atoms. The van der Waals surface area contributed by atoms with Crippen molar-refractivity contribution in [2.24, 2.45) is 0 Å². The van der Waals surface area contributed by atoms with E-state index >= 15 is 0 Å². The van der Waals surface area contributed by atoms with Gasteiger partial charge < -0.3 is 9.47 Å². The van der Waals surface area contributed by atoms with Crippen molar-refractivity contribution in [3.8, 4) is 11.5 Å². The van der Waals surface area contributed by atoms with Crippen LogP contribution in [0.2, 0.25) is 10.0 Å². The number of aromatic nitrogens is 2. The van der Waals surface area contributed by atoms with E-state index in [-0.39, 0.29) is 12.5 Å². The highest BCUT2D eigenvalue weighted by Gasteiger charge is 2.21. The molecule has 0 saturated carbocycles. The van der Waals surface area contributed by atoms with Crippen LogP contribution in [0.15, 0.2) is 60.9 Å². The molecule has 6 nitrogen and oxygen atoms in total. The molecule has 0 N–H and O–H groups in total. The maximum atomic E-state index is 13.2. The number of benzene rings is 2. The zero-order valence-corrected chi connectivity index (χ0v) is 19.5. The normalized spacial score (nSPS) is 10.8. The smallest absolute Gasteiger partial charge is 0.267 e. The molecule has 0 fully saturated rings. The lowest BCUT2D eigenvalue weighted by Gasteiger charge is -2.20. The van der Waals surface area contributed by atoms with Gasteiger partial charge in [-0.25, -0.2) is 4.98 Å². The van der Waals surface area contributed by atoms with E-state index in [9.17, 15) is 4.79 Å². The minimum atomic E-state index is -0.260. The van der Waals surface area contributed by atoms with Crippen LogP contribution in [-0.2, 0) is 11.3 Å². The molecule has 0 aliphatic carbocycles. The van der Waals surface area contributed by atoms with E-state index in [4.69, 9.17) is 32.7 Å². The van der Waals surface area contributed by atoms with E-state index in [1.165, 1.54) is 11.3 Å². The van der Waals surface area contributed by atoms with Gasteiger partial charge in [0.2, 0.25) is 0 Å². The van der Waals surface area contributed by atoms with E-state index in [1.807, 2.05) is 37.3 Å². The molecule has 9 heteroatoms. The van der Waals surface area contributed by atoms with Gasteiger partial charge in [0.15, 0.2) is 11.7 Å². The molecule has 4 aromatic rings. The molecule has 0 radical (unpaired) electrons. The molecule has 32 heavy (non-hydrogen) atoms. The van der Waals surface area contributed by atoms with E-state index in [1.54, 1.807) is 35.5 Å². The van der Waals surface area contributed by atoms with E-state index in [0.717, 1.165) is 21.5 Å². The maximum Gasteiger partial charge on any atom is 0.267 e. The largest absolute Gasteiger partial charge is 0.494 e. The topological polar surface area (TPSA) is 64.5 Å². The van der Waals surface area contributed by atoms with Crippen molar-refractivity contribution >= 4 is 55.8 Å². The molecule has 0 aliphatic heterocycles. The van der Waals surface area contributed by atoms with Crippen LogP contribution in [-0.4, -0.2) is 29.1 Å². The Balaban J connectivity index is 1.60. The van der Waals surface area contributed by atoms with Crippen molar-refractivity contribution in [2.45, 2.75) is 13.5 Å². The number of pyridine rings is 1. The third-order valence-corrected chi connectivity index (χ3v) is 6.07. The molecule has 2 heterocycles. The van der Waals surface area contributed by atoms with Gasteiger partial charge in [-0.05, 0) is 55.0 Å². The fourth-order valence-electron chi connectivity index (χ4n) is 3.01. The van der Waals surface area contributed by atoms with Crippen LogP contribution in [0.1, 0.15) is 12.5 Å². The fraction of sp³-hybridized carbons (Fsp3) is 0.174. The summed E-state index contributed by atoms with van der Waals surface area (Å²) in [5.41, 5.74) is 1.67. The number of hydrogen-bond acceptors (Lipinski definition) is 6. The first-order chi connectivity index (χ1) is 15.5. The molecule has 0 unspecified atom stereocenters. The quantitative estimate of drug-likeness (QED) is 0.304. The number of rotatable bonds is 8. The Morgan fingerprint density at radius 2 is 2.00 bits per heavy atom. The Hall–Kier alpha value is -2.87. The summed E-state index contributed by atoms with van der Waals surface area (Å²) in [5.74, 6) is 0.890. The summed E-state index contributed by atoms with van der Waals surface area (Å²) in [7, 11) is 0. The van der Waals surface area contributed by atoms with E-state index in [0.29, 0.717) is 34.1 Å². The molecule has 2 aromatic heterocycles. The Morgan fingerprint density at radius 1 is 1.12 bits per heavy atom. The summed E-state index contributed by atoms with van der Waals surface area (Å²) in [6.45, 7) is 2.61. The zero-order chi connectivity index (χ0) is 22.5. The Bertz CT molecular complexity index is 1230. The Morgan fingerprint density at radius 3 is 2.75 bits per heavy atom. The molecule has 0 aliphatic rings. The molecular formula is C23H19Cl2N3O3S. The number of fused-ring (bicyclic) bond motifs is 1. The van der Waals surface area contributed by atoms with Crippen molar-refractivity contribution in [3.05, 3.63) is 76.5 Å². The summed E-state index contributed by atoms with van der Waals surface area (Å²) in [6, 6.07) is 14.3. The van der Waals surface area contributed by atoms with Crippen LogP contribution < -0.4 is 14.4 Å². The molecule has 0 spiro atoms. The summed E-state index contributed by atoms with van der Waals surface area (Å²) in [4.78, 5) is 23.6. The number of carbonyl (C=O) groups excluding carboxylic acids is 1.